The summed E-state index contributed by atoms with van der Waals surface area (Å²) < 4.78 is 24.0. The molecular weight excluding hydrogens is 700 g/mol. The summed E-state index contributed by atoms with van der Waals surface area (Å²) in [6.45, 7) is 14.7. The molecule has 4 saturated carbocycles. The smallest absolute Gasteiger partial charge is 0.187 e. The van der Waals surface area contributed by atoms with Gasteiger partial charge in [0.15, 0.2) is 12.6 Å². The molecule has 54 heavy (non-hydrogen) atoms. The minimum atomic E-state index is -1.66. The summed E-state index contributed by atoms with van der Waals surface area (Å²) in [6.07, 6.45) is -5.15. The fourth-order valence-corrected chi connectivity index (χ4v) is 13.0. The first-order valence-corrected chi connectivity index (χ1v) is 20.4. The van der Waals surface area contributed by atoms with Crippen LogP contribution in [0.15, 0.2) is 11.6 Å². The van der Waals surface area contributed by atoms with Gasteiger partial charge in [0, 0.05) is 0 Å². The van der Waals surface area contributed by atoms with Crippen LogP contribution in [0.4, 0.5) is 0 Å². The van der Waals surface area contributed by atoms with E-state index in [4.69, 9.17) is 18.9 Å². The Morgan fingerprint density at radius 3 is 2.13 bits per heavy atom. The average Bonchev–Trinajstić information content (AvgIpc) is 3.51. The molecule has 2 saturated heterocycles. The number of fused-ring (bicyclic) bond motifs is 5. The zero-order valence-electron chi connectivity index (χ0n) is 33.4. The van der Waals surface area contributed by atoms with Crippen molar-refractivity contribution in [1.29, 1.82) is 0 Å². The minimum absolute atomic E-state index is 0.0279. The lowest BCUT2D eigenvalue weighted by Gasteiger charge is -2.70. The minimum Gasteiger partial charge on any atom is -0.393 e. The number of aliphatic hydroxyl groups excluding tert-OH is 9. The molecule has 0 spiro atoms. The topological polar surface area (TPSA) is 219 Å². The molecule has 6 fully saturated rings. The molecule has 0 aromatic heterocycles. The maximum Gasteiger partial charge on any atom is 0.187 e. The predicted molar refractivity (Wildman–Crippen MR) is 196 cm³/mol. The highest BCUT2D eigenvalue weighted by Crippen LogP contribution is 2.76. The number of rotatable bonds is 10. The van der Waals surface area contributed by atoms with Crippen LogP contribution in [0.25, 0.3) is 0 Å². The van der Waals surface area contributed by atoms with Crippen LogP contribution in [0.1, 0.15) is 106 Å². The fourth-order valence-electron chi connectivity index (χ4n) is 13.0. The van der Waals surface area contributed by atoms with Crippen molar-refractivity contribution in [2.24, 2.45) is 45.3 Å². The van der Waals surface area contributed by atoms with Gasteiger partial charge in [0.05, 0.1) is 37.6 Å². The van der Waals surface area contributed by atoms with Gasteiger partial charge in [0.2, 0.25) is 0 Å². The van der Waals surface area contributed by atoms with E-state index in [0.717, 1.165) is 44.1 Å². The summed E-state index contributed by atoms with van der Waals surface area (Å²) in [5, 5.41) is 96.8. The van der Waals surface area contributed by atoms with Gasteiger partial charge < -0.3 is 64.9 Å². The maximum atomic E-state index is 12.4. The van der Waals surface area contributed by atoms with E-state index < -0.39 is 67.0 Å². The Hall–Kier alpha value is -0.780. The summed E-state index contributed by atoms with van der Waals surface area (Å²) in [7, 11) is 0. The summed E-state index contributed by atoms with van der Waals surface area (Å²) >= 11 is 0. The molecule has 0 unspecified atom stereocenters. The standard InChI is InChI=1S/C41H70O13/c1-21(18-42)9-8-13-41(7,54-36-34(50)32(48)31(47)25(53-36)20-52-35-33(49)30(46)24(44)19-51-35)22-10-15-40(6)29(22)23(43)17-27-38(4)14-12-28(45)37(2,3)26(38)11-16-39(27,40)5/h9,22-36,42-50H,8,10-20H2,1-7H3/b21-9+/t22-,23+,24+,25+,26+,27+,28+,29-,30-,31+,32-,33+,34+,35+,36-,38+,39+,40+,41-/m0/s1. The van der Waals surface area contributed by atoms with Crippen molar-refractivity contribution in [2.75, 3.05) is 19.8 Å². The zero-order chi connectivity index (χ0) is 39.8. The monoisotopic (exact) mass is 770 g/mol. The first kappa shape index (κ1) is 42.8. The van der Waals surface area contributed by atoms with E-state index in [1.807, 2.05) is 19.9 Å². The van der Waals surface area contributed by atoms with Crippen molar-refractivity contribution in [1.82, 2.24) is 0 Å². The highest BCUT2D eigenvalue weighted by atomic mass is 16.7. The Bertz CT molecular complexity index is 1350. The molecule has 312 valence electrons. The van der Waals surface area contributed by atoms with Crippen LogP contribution in [0.2, 0.25) is 0 Å². The second-order valence-corrected chi connectivity index (χ2v) is 19.6. The van der Waals surface area contributed by atoms with Crippen LogP contribution in [-0.2, 0) is 18.9 Å². The Morgan fingerprint density at radius 1 is 0.778 bits per heavy atom. The molecule has 13 heteroatoms. The molecule has 6 aliphatic rings. The first-order valence-electron chi connectivity index (χ1n) is 20.4. The molecule has 0 aromatic rings. The molecule has 6 rings (SSSR count). The third kappa shape index (κ3) is 6.96. The van der Waals surface area contributed by atoms with Crippen LogP contribution in [0.5, 0.6) is 0 Å². The van der Waals surface area contributed by atoms with E-state index in [1.54, 1.807) is 0 Å². The number of hydrogen-bond acceptors (Lipinski definition) is 13. The highest BCUT2D eigenvalue weighted by Gasteiger charge is 2.71. The number of ether oxygens (including phenoxy) is 4. The van der Waals surface area contributed by atoms with E-state index >= 15 is 0 Å². The van der Waals surface area contributed by atoms with Crippen molar-refractivity contribution in [3.8, 4) is 0 Å². The lowest BCUT2D eigenvalue weighted by Crippen LogP contribution is -2.67. The number of hydrogen-bond donors (Lipinski definition) is 9. The van der Waals surface area contributed by atoms with Crippen molar-refractivity contribution in [2.45, 2.75) is 179 Å². The van der Waals surface area contributed by atoms with Gasteiger partial charge in [-0.3, -0.25) is 0 Å². The summed E-state index contributed by atoms with van der Waals surface area (Å²) in [5.74, 6) is 0.307. The van der Waals surface area contributed by atoms with Gasteiger partial charge in [-0.1, -0.05) is 46.3 Å². The second-order valence-electron chi connectivity index (χ2n) is 19.6. The summed E-state index contributed by atoms with van der Waals surface area (Å²) in [4.78, 5) is 0. The third-order valence-corrected chi connectivity index (χ3v) is 16.5. The normalized spacial score (nSPS) is 51.9. The largest absolute Gasteiger partial charge is 0.393 e. The van der Waals surface area contributed by atoms with E-state index in [2.05, 4.69) is 34.6 Å². The maximum absolute atomic E-state index is 12.4. The highest BCUT2D eigenvalue weighted by molar-refractivity contribution is 5.20. The molecule has 0 amide bonds. The molecule has 0 aromatic carbocycles. The van der Waals surface area contributed by atoms with Gasteiger partial charge in [0.1, 0.15) is 42.7 Å². The van der Waals surface area contributed by atoms with Gasteiger partial charge in [-0.25, -0.2) is 0 Å². The molecule has 9 N–H and O–H groups in total. The van der Waals surface area contributed by atoms with Gasteiger partial charge >= 0.3 is 0 Å². The van der Waals surface area contributed by atoms with Crippen LogP contribution < -0.4 is 0 Å². The van der Waals surface area contributed by atoms with E-state index in [1.165, 1.54) is 0 Å². The van der Waals surface area contributed by atoms with Gasteiger partial charge in [-0.2, -0.15) is 0 Å². The number of aliphatic hydroxyl groups is 9. The quantitative estimate of drug-likeness (QED) is 0.145. The van der Waals surface area contributed by atoms with Gasteiger partial charge in [0.25, 0.3) is 0 Å². The number of allylic oxidation sites excluding steroid dienone is 1. The Balaban J connectivity index is 1.27. The molecule has 19 atom stereocenters. The van der Waals surface area contributed by atoms with E-state index in [0.29, 0.717) is 25.2 Å². The molecular formula is C41H70O13. The first-order chi connectivity index (χ1) is 25.2. The Kier molecular flexibility index (Phi) is 12.2. The molecule has 2 aliphatic heterocycles. The predicted octanol–water partition coefficient (Wildman–Crippen LogP) is 1.76. The molecule has 0 bridgehead atoms. The van der Waals surface area contributed by atoms with Crippen LogP contribution in [-0.4, -0.2) is 139 Å². The van der Waals surface area contributed by atoms with Crippen LogP contribution in [0, 0.1) is 45.3 Å². The molecule has 2 heterocycles. The van der Waals surface area contributed by atoms with Crippen molar-refractivity contribution in [3.63, 3.8) is 0 Å². The third-order valence-electron chi connectivity index (χ3n) is 16.5. The van der Waals surface area contributed by atoms with E-state index in [-0.39, 0.29) is 65.3 Å². The van der Waals surface area contributed by atoms with E-state index in [9.17, 15) is 46.0 Å². The van der Waals surface area contributed by atoms with Crippen molar-refractivity contribution < 1.29 is 64.9 Å². The van der Waals surface area contributed by atoms with Gasteiger partial charge in [-0.05, 0) is 117 Å². The lowest BCUT2D eigenvalue weighted by molar-refractivity contribution is -0.345. The lowest BCUT2D eigenvalue weighted by atomic mass is 9.35. The fraction of sp³-hybridized carbons (Fsp3) is 0.951. The van der Waals surface area contributed by atoms with Gasteiger partial charge in [-0.15, -0.1) is 0 Å². The zero-order valence-corrected chi connectivity index (χ0v) is 33.4. The summed E-state index contributed by atoms with van der Waals surface area (Å²) in [5.41, 5.74) is -0.744. The molecule has 4 aliphatic carbocycles. The Morgan fingerprint density at radius 2 is 1.44 bits per heavy atom. The second kappa shape index (κ2) is 15.4. The van der Waals surface area contributed by atoms with Crippen LogP contribution >= 0.6 is 0 Å². The molecule has 0 radical (unpaired) electrons. The summed E-state index contributed by atoms with van der Waals surface area (Å²) in [6, 6.07) is 0. The van der Waals surface area contributed by atoms with Crippen molar-refractivity contribution in [3.05, 3.63) is 11.6 Å². The van der Waals surface area contributed by atoms with Crippen molar-refractivity contribution >= 4 is 0 Å². The Labute approximate surface area is 320 Å². The molecule has 13 nitrogen and oxygen atoms in total. The average molecular weight is 771 g/mol. The van der Waals surface area contributed by atoms with Crippen LogP contribution in [0.3, 0.4) is 0 Å². The SMILES string of the molecule is C/C(=C\CC[C@](C)(O[C@@H]1O[C@H](CO[C@H]2OC[C@@H](O)[C@H](O)[C@H]2O)[C@@H](O)[C@H](O)[C@H]1O)[C@H]1CC[C@]2(C)[C@@H]1[C@H](O)C[C@@H]1[C@]3(C)CC[C@@H](O)C(C)(C)[C@H]3CC[C@]12C)CO.